The molecule has 0 aliphatic heterocycles. The molecule has 0 saturated heterocycles. The topological polar surface area (TPSA) is 100 Å². The monoisotopic (exact) mass is 541 g/mol. The molecule has 4 rings (SSSR count). The van der Waals surface area contributed by atoms with Crippen LogP contribution in [0.15, 0.2) is 65.6 Å². The maximum atomic E-state index is 13.4. The van der Waals surface area contributed by atoms with E-state index >= 15 is 0 Å². The van der Waals surface area contributed by atoms with Crippen molar-refractivity contribution in [2.75, 3.05) is 14.2 Å². The van der Waals surface area contributed by atoms with Crippen LogP contribution in [-0.2, 0) is 11.2 Å². The van der Waals surface area contributed by atoms with Gasteiger partial charge in [-0.1, -0.05) is 25.5 Å². The van der Waals surface area contributed by atoms with E-state index < -0.39 is 6.29 Å². The van der Waals surface area contributed by atoms with Gasteiger partial charge in [0.25, 0.3) is 0 Å². The van der Waals surface area contributed by atoms with Crippen molar-refractivity contribution in [3.63, 3.8) is 0 Å². The molecule has 3 N–H and O–H groups in total. The third-order valence-corrected chi connectivity index (χ3v) is 7.35. The molecular formula is C31H44FN3O4. The fourth-order valence-electron chi connectivity index (χ4n) is 5.79. The molecule has 0 spiro atoms. The highest BCUT2D eigenvalue weighted by atomic mass is 19.1. The first-order chi connectivity index (χ1) is 18.7. The number of nitrogens with zero attached hydrogens (tertiary/aromatic N) is 3. The van der Waals surface area contributed by atoms with Gasteiger partial charge in [-0.2, -0.15) is 5.10 Å². The predicted octanol–water partition coefficient (Wildman–Crippen LogP) is 5.99. The fourth-order valence-corrected chi connectivity index (χ4v) is 5.79. The number of aliphatic imine (C=N–C) groups is 1. The first-order valence-corrected chi connectivity index (χ1v) is 13.5. The number of methoxy groups -OCH3 is 1. The van der Waals surface area contributed by atoms with Gasteiger partial charge in [-0.15, -0.1) is 0 Å². The zero-order valence-corrected chi connectivity index (χ0v) is 23.9. The summed E-state index contributed by atoms with van der Waals surface area (Å²) < 4.78 is 20.7. The number of ether oxygens (including phenoxy) is 1. The van der Waals surface area contributed by atoms with Crippen molar-refractivity contribution in [2.45, 2.75) is 72.0 Å². The Morgan fingerprint density at radius 1 is 1.31 bits per heavy atom. The standard InChI is InChI=1S/C28H34FN3O.C2H6O2.CH4O/c1-5-15-28-18-21-19-31-32(26-13-10-24(29)11-14-26)27(21)17-23(28)8-7-22(28)9-12-25(30-6-2)16-20(3)33-4;1-2(3)4;1-2/h6,10-11,13-14,16-17,19,22H,2,5,7-9,12,15,18H2,1,3-4H3;2-4H,1H3;2H,1H3/b20-16+,30-25?;;/t22-,28?;;/m0../s1. The minimum atomic E-state index is -1.17. The van der Waals surface area contributed by atoms with Crippen molar-refractivity contribution in [3.05, 3.63) is 77.7 Å². The van der Waals surface area contributed by atoms with Gasteiger partial charge >= 0.3 is 0 Å². The lowest BCUT2D eigenvalue weighted by atomic mass is 9.64. The molecule has 2 atom stereocenters. The molecule has 8 heteroatoms. The molecule has 1 fully saturated rings. The molecule has 2 aromatic rings. The quantitative estimate of drug-likeness (QED) is 0.206. The highest BCUT2D eigenvalue weighted by Gasteiger charge is 2.47. The van der Waals surface area contributed by atoms with Crippen LogP contribution < -0.4 is 0 Å². The Morgan fingerprint density at radius 3 is 2.56 bits per heavy atom. The van der Waals surface area contributed by atoms with E-state index in [2.05, 4.69) is 29.7 Å². The van der Waals surface area contributed by atoms with E-state index in [1.807, 2.05) is 23.9 Å². The fraction of sp³-hybridized carbons (Fsp3) is 0.484. The van der Waals surface area contributed by atoms with E-state index in [1.54, 1.807) is 31.0 Å². The Labute approximate surface area is 232 Å². The van der Waals surface area contributed by atoms with Crippen molar-refractivity contribution in [3.8, 4) is 5.69 Å². The molecule has 1 heterocycles. The number of fused-ring (bicyclic) bond motifs is 2. The largest absolute Gasteiger partial charge is 0.501 e. The van der Waals surface area contributed by atoms with Gasteiger partial charge in [0, 0.05) is 19.0 Å². The van der Waals surface area contributed by atoms with Crippen LogP contribution in [0.2, 0.25) is 0 Å². The zero-order valence-electron chi connectivity index (χ0n) is 23.9. The van der Waals surface area contributed by atoms with E-state index in [9.17, 15) is 4.39 Å². The normalized spacial score (nSPS) is 20.2. The second-order valence-corrected chi connectivity index (χ2v) is 9.86. The molecule has 214 valence electrons. The van der Waals surface area contributed by atoms with Crippen LogP contribution in [0, 0.1) is 17.2 Å². The molecule has 2 aliphatic carbocycles. The van der Waals surface area contributed by atoms with Crippen molar-refractivity contribution < 1.29 is 24.4 Å². The number of halogens is 1. The molecule has 0 radical (unpaired) electrons. The minimum Gasteiger partial charge on any atom is -0.501 e. The smallest absolute Gasteiger partial charge is 0.148 e. The van der Waals surface area contributed by atoms with Crippen LogP contribution in [0.3, 0.4) is 0 Å². The number of rotatable bonds is 9. The number of hydrogen-bond donors (Lipinski definition) is 3. The SMILES string of the molecule is C=CN=C(/C=C(\C)OC)CC[C@@H]1CCC2=Cc3c(cnn3-c3ccc(F)cc3)CC21CCC.CC(O)O.CO. The number of allylic oxidation sites excluding steroid dienone is 3. The van der Waals surface area contributed by atoms with E-state index in [-0.39, 0.29) is 11.2 Å². The Bertz CT molecular complexity index is 1150. The van der Waals surface area contributed by atoms with Crippen LogP contribution in [-0.4, -0.2) is 51.3 Å². The Morgan fingerprint density at radius 2 is 1.97 bits per heavy atom. The summed E-state index contributed by atoms with van der Waals surface area (Å²) in [7, 11) is 2.69. The maximum Gasteiger partial charge on any atom is 0.148 e. The summed E-state index contributed by atoms with van der Waals surface area (Å²) in [6.45, 7) is 9.30. The van der Waals surface area contributed by atoms with Gasteiger partial charge in [-0.3, -0.25) is 4.99 Å². The second kappa shape index (κ2) is 15.5. The average molecular weight is 542 g/mol. The number of aliphatic hydroxyl groups is 3. The lowest BCUT2D eigenvalue weighted by Gasteiger charge is -2.39. The van der Waals surface area contributed by atoms with Gasteiger partial charge in [0.2, 0.25) is 0 Å². The molecule has 0 amide bonds. The Kier molecular flexibility index (Phi) is 12.8. The lowest BCUT2D eigenvalue weighted by molar-refractivity contribution is -0.0228. The van der Waals surface area contributed by atoms with Gasteiger partial charge in [0.15, 0.2) is 0 Å². The molecular weight excluding hydrogens is 497 g/mol. The Hall–Kier alpha value is -3.07. The second-order valence-electron chi connectivity index (χ2n) is 9.86. The summed E-state index contributed by atoms with van der Waals surface area (Å²) >= 11 is 0. The van der Waals surface area contributed by atoms with E-state index in [4.69, 9.17) is 20.1 Å². The highest BCUT2D eigenvalue weighted by Crippen LogP contribution is 2.57. The van der Waals surface area contributed by atoms with Crippen molar-refractivity contribution in [1.29, 1.82) is 0 Å². The van der Waals surface area contributed by atoms with E-state index in [0.29, 0.717) is 5.92 Å². The maximum absolute atomic E-state index is 13.4. The minimum absolute atomic E-state index is 0.192. The van der Waals surface area contributed by atoms with E-state index in [0.717, 1.165) is 62.1 Å². The lowest BCUT2D eigenvalue weighted by Crippen LogP contribution is -2.32. The molecule has 39 heavy (non-hydrogen) atoms. The van der Waals surface area contributed by atoms with Gasteiger partial charge in [-0.05, 0) is 106 Å². The first-order valence-electron chi connectivity index (χ1n) is 13.5. The number of aliphatic hydroxyl groups excluding tert-OH is 2. The summed E-state index contributed by atoms with van der Waals surface area (Å²) in [5.41, 5.74) is 6.11. The van der Waals surface area contributed by atoms with Crippen molar-refractivity contribution in [1.82, 2.24) is 9.78 Å². The van der Waals surface area contributed by atoms with E-state index in [1.165, 1.54) is 37.5 Å². The van der Waals surface area contributed by atoms with Gasteiger partial charge < -0.3 is 20.1 Å². The zero-order chi connectivity index (χ0) is 29.0. The van der Waals surface area contributed by atoms with Gasteiger partial charge in [-0.25, -0.2) is 9.07 Å². The summed E-state index contributed by atoms with van der Waals surface area (Å²) in [5.74, 6) is 1.24. The molecule has 1 aromatic heterocycles. The average Bonchev–Trinajstić information content (AvgIpc) is 3.47. The summed E-state index contributed by atoms with van der Waals surface area (Å²) in [5, 5.41) is 26.9. The number of hydrogen-bond acceptors (Lipinski definition) is 6. The highest BCUT2D eigenvalue weighted by molar-refractivity contribution is 5.95. The molecule has 1 saturated carbocycles. The summed E-state index contributed by atoms with van der Waals surface area (Å²) in [6.07, 6.45) is 14.6. The molecule has 2 aliphatic rings. The Balaban J connectivity index is 0.000000815. The summed E-state index contributed by atoms with van der Waals surface area (Å²) in [4.78, 5) is 4.49. The van der Waals surface area contributed by atoms with Crippen LogP contribution in [0.1, 0.15) is 70.6 Å². The first kappa shape index (κ1) is 32.1. The molecule has 0 bridgehead atoms. The number of aromatic nitrogens is 2. The van der Waals surface area contributed by atoms with Crippen LogP contribution in [0.25, 0.3) is 11.8 Å². The van der Waals surface area contributed by atoms with Crippen molar-refractivity contribution in [2.24, 2.45) is 16.3 Å². The number of benzene rings is 1. The van der Waals surface area contributed by atoms with Crippen LogP contribution in [0.5, 0.6) is 0 Å². The van der Waals surface area contributed by atoms with Gasteiger partial charge in [0.05, 0.1) is 30.4 Å². The molecule has 7 nitrogen and oxygen atoms in total. The third-order valence-electron chi connectivity index (χ3n) is 7.35. The van der Waals surface area contributed by atoms with Crippen LogP contribution >= 0.6 is 0 Å². The van der Waals surface area contributed by atoms with Gasteiger partial charge in [0.1, 0.15) is 12.1 Å². The molecule has 1 unspecified atom stereocenters. The molecule has 1 aromatic carbocycles. The van der Waals surface area contributed by atoms with Crippen molar-refractivity contribution >= 4 is 11.8 Å². The predicted molar refractivity (Wildman–Crippen MR) is 155 cm³/mol. The van der Waals surface area contributed by atoms with Crippen LogP contribution in [0.4, 0.5) is 4.39 Å². The third kappa shape index (κ3) is 8.21. The summed E-state index contributed by atoms with van der Waals surface area (Å²) in [6, 6.07) is 6.58.